The quantitative estimate of drug-likeness (QED) is 0.730. The zero-order chi connectivity index (χ0) is 17.3. The van der Waals surface area contributed by atoms with Gasteiger partial charge in [0.2, 0.25) is 0 Å². The lowest BCUT2D eigenvalue weighted by Crippen LogP contribution is -2.40. The summed E-state index contributed by atoms with van der Waals surface area (Å²) in [7, 11) is 0. The molecule has 1 aromatic rings. The van der Waals surface area contributed by atoms with Gasteiger partial charge in [0.1, 0.15) is 5.60 Å². The first-order valence-electron chi connectivity index (χ1n) is 7.51. The molecule has 3 N–H and O–H groups in total. The molecule has 0 aromatic heterocycles. The van der Waals surface area contributed by atoms with Gasteiger partial charge in [-0.15, -0.1) is 0 Å². The van der Waals surface area contributed by atoms with Crippen molar-refractivity contribution in [3.63, 3.8) is 0 Å². The molecule has 23 heavy (non-hydrogen) atoms. The van der Waals surface area contributed by atoms with Crippen LogP contribution in [0.5, 0.6) is 0 Å². The second-order valence-corrected chi connectivity index (χ2v) is 6.02. The molecule has 0 aliphatic heterocycles. The third kappa shape index (κ3) is 8.50. The molecule has 0 saturated heterocycles. The Bertz CT molecular complexity index is 562. The standard InChI is InChI=1S/C17H25N3O3/c1-13-7-5-6-8-14(13)9-10-18-15(21)19-11-12-20-16(22)23-17(2,3)4/h5-10H,11-12H2,1-4H3,(H,20,22)(H2,18,19,21)/b10-9+. The van der Waals surface area contributed by atoms with Crippen LogP contribution in [-0.2, 0) is 4.74 Å². The average Bonchev–Trinajstić information content (AvgIpc) is 2.44. The van der Waals surface area contributed by atoms with E-state index >= 15 is 0 Å². The Kier molecular flexibility index (Phi) is 7.12. The topological polar surface area (TPSA) is 79.5 Å². The fourth-order valence-electron chi connectivity index (χ4n) is 1.69. The number of carbonyl (C=O) groups excluding carboxylic acids is 2. The van der Waals surface area contributed by atoms with Crippen molar-refractivity contribution in [3.05, 3.63) is 41.6 Å². The number of ether oxygens (including phenoxy) is 1. The van der Waals surface area contributed by atoms with Gasteiger partial charge in [0.15, 0.2) is 0 Å². The Morgan fingerprint density at radius 2 is 1.78 bits per heavy atom. The van der Waals surface area contributed by atoms with E-state index < -0.39 is 11.7 Å². The van der Waals surface area contributed by atoms with Gasteiger partial charge in [-0.25, -0.2) is 9.59 Å². The van der Waals surface area contributed by atoms with Crippen LogP contribution in [0, 0.1) is 6.92 Å². The minimum absolute atomic E-state index is 0.295. The van der Waals surface area contributed by atoms with Gasteiger partial charge in [-0.05, 0) is 44.9 Å². The van der Waals surface area contributed by atoms with Crippen LogP contribution in [0.4, 0.5) is 9.59 Å². The zero-order valence-corrected chi connectivity index (χ0v) is 14.1. The van der Waals surface area contributed by atoms with Crippen LogP contribution in [0.2, 0.25) is 0 Å². The number of rotatable bonds is 5. The maximum absolute atomic E-state index is 11.6. The minimum atomic E-state index is -0.532. The maximum atomic E-state index is 11.6. The average molecular weight is 319 g/mol. The van der Waals surface area contributed by atoms with Crippen molar-refractivity contribution in [2.75, 3.05) is 13.1 Å². The van der Waals surface area contributed by atoms with Gasteiger partial charge in [-0.2, -0.15) is 0 Å². The van der Waals surface area contributed by atoms with Crippen LogP contribution >= 0.6 is 0 Å². The van der Waals surface area contributed by atoms with Crippen LogP contribution in [0.25, 0.3) is 6.08 Å². The van der Waals surface area contributed by atoms with Gasteiger partial charge in [0.25, 0.3) is 0 Å². The Balaban J connectivity index is 2.20. The Morgan fingerprint density at radius 1 is 1.13 bits per heavy atom. The Hall–Kier alpha value is -2.50. The molecule has 0 saturated carbocycles. The minimum Gasteiger partial charge on any atom is -0.444 e. The number of benzene rings is 1. The van der Waals surface area contributed by atoms with E-state index in [1.54, 1.807) is 27.0 Å². The highest BCUT2D eigenvalue weighted by molar-refractivity contribution is 5.76. The first kappa shape index (κ1) is 18.5. The van der Waals surface area contributed by atoms with Gasteiger partial charge in [0.05, 0.1) is 0 Å². The maximum Gasteiger partial charge on any atom is 0.407 e. The molecule has 0 atom stereocenters. The van der Waals surface area contributed by atoms with Crippen molar-refractivity contribution in [2.45, 2.75) is 33.3 Å². The summed E-state index contributed by atoms with van der Waals surface area (Å²) in [4.78, 5) is 23.0. The van der Waals surface area contributed by atoms with Crippen molar-refractivity contribution in [1.29, 1.82) is 0 Å². The number of amides is 3. The second kappa shape index (κ2) is 8.82. The fraction of sp³-hybridized carbons (Fsp3) is 0.412. The number of aryl methyl sites for hydroxylation is 1. The van der Waals surface area contributed by atoms with E-state index in [-0.39, 0.29) is 6.03 Å². The number of carbonyl (C=O) groups is 2. The summed E-state index contributed by atoms with van der Waals surface area (Å²) in [5.74, 6) is 0. The van der Waals surface area contributed by atoms with E-state index in [1.807, 2.05) is 37.3 Å². The Labute approximate surface area is 137 Å². The lowest BCUT2D eigenvalue weighted by Gasteiger charge is -2.19. The highest BCUT2D eigenvalue weighted by Crippen LogP contribution is 2.08. The van der Waals surface area contributed by atoms with E-state index in [4.69, 9.17) is 4.74 Å². The third-order valence-corrected chi connectivity index (χ3v) is 2.74. The van der Waals surface area contributed by atoms with Crippen molar-refractivity contribution >= 4 is 18.2 Å². The molecule has 6 heteroatoms. The first-order chi connectivity index (χ1) is 10.8. The molecule has 0 unspecified atom stereocenters. The predicted octanol–water partition coefficient (Wildman–Crippen LogP) is 2.79. The van der Waals surface area contributed by atoms with E-state index in [1.165, 1.54) is 0 Å². The van der Waals surface area contributed by atoms with Gasteiger partial charge >= 0.3 is 12.1 Å². The molecule has 6 nitrogen and oxygen atoms in total. The van der Waals surface area contributed by atoms with Gasteiger partial charge in [-0.3, -0.25) is 0 Å². The molecular formula is C17H25N3O3. The Morgan fingerprint density at radius 3 is 2.43 bits per heavy atom. The molecule has 0 aliphatic carbocycles. The molecule has 0 spiro atoms. The van der Waals surface area contributed by atoms with E-state index in [0.717, 1.165) is 11.1 Å². The highest BCUT2D eigenvalue weighted by atomic mass is 16.6. The molecule has 126 valence electrons. The molecule has 0 heterocycles. The predicted molar refractivity (Wildman–Crippen MR) is 91.0 cm³/mol. The summed E-state index contributed by atoms with van der Waals surface area (Å²) < 4.78 is 5.08. The molecule has 1 aromatic carbocycles. The summed E-state index contributed by atoms with van der Waals surface area (Å²) >= 11 is 0. The largest absolute Gasteiger partial charge is 0.444 e. The number of alkyl carbamates (subject to hydrolysis) is 1. The van der Waals surface area contributed by atoms with Crippen molar-refractivity contribution in [1.82, 2.24) is 16.0 Å². The molecule has 1 rings (SSSR count). The number of hydrogen-bond acceptors (Lipinski definition) is 3. The van der Waals surface area contributed by atoms with E-state index in [0.29, 0.717) is 13.1 Å². The smallest absolute Gasteiger partial charge is 0.407 e. The first-order valence-corrected chi connectivity index (χ1v) is 7.51. The van der Waals surface area contributed by atoms with E-state index in [2.05, 4.69) is 16.0 Å². The third-order valence-electron chi connectivity index (χ3n) is 2.74. The van der Waals surface area contributed by atoms with Gasteiger partial charge in [-0.1, -0.05) is 24.3 Å². The van der Waals surface area contributed by atoms with Crippen LogP contribution < -0.4 is 16.0 Å². The SMILES string of the molecule is Cc1ccccc1/C=C/NC(=O)NCCNC(=O)OC(C)(C)C. The van der Waals surface area contributed by atoms with Crippen molar-refractivity contribution < 1.29 is 14.3 Å². The van der Waals surface area contributed by atoms with Crippen LogP contribution in [0.15, 0.2) is 30.5 Å². The van der Waals surface area contributed by atoms with Gasteiger partial charge in [0, 0.05) is 19.3 Å². The molecule has 0 fully saturated rings. The van der Waals surface area contributed by atoms with Crippen LogP contribution in [-0.4, -0.2) is 30.8 Å². The monoisotopic (exact) mass is 319 g/mol. The molecule has 0 bridgehead atoms. The summed E-state index contributed by atoms with van der Waals surface area (Å²) in [6, 6.07) is 7.54. The lowest BCUT2D eigenvalue weighted by atomic mass is 10.1. The molecular weight excluding hydrogens is 294 g/mol. The molecule has 3 amide bonds. The van der Waals surface area contributed by atoms with Crippen LogP contribution in [0.3, 0.4) is 0 Å². The molecule has 0 aliphatic rings. The summed E-state index contributed by atoms with van der Waals surface area (Å²) in [5, 5.41) is 7.80. The van der Waals surface area contributed by atoms with Gasteiger partial charge < -0.3 is 20.7 Å². The lowest BCUT2D eigenvalue weighted by molar-refractivity contribution is 0.0528. The fourth-order valence-corrected chi connectivity index (χ4v) is 1.69. The van der Waals surface area contributed by atoms with Crippen LogP contribution in [0.1, 0.15) is 31.9 Å². The summed E-state index contributed by atoms with van der Waals surface area (Å²) in [6.45, 7) is 7.98. The van der Waals surface area contributed by atoms with Crippen molar-refractivity contribution in [2.24, 2.45) is 0 Å². The number of nitrogens with one attached hydrogen (secondary N) is 3. The summed E-state index contributed by atoms with van der Waals surface area (Å²) in [6.07, 6.45) is 2.91. The number of hydrogen-bond donors (Lipinski definition) is 3. The normalized spacial score (nSPS) is 11.1. The van der Waals surface area contributed by atoms with E-state index in [9.17, 15) is 9.59 Å². The molecule has 0 radical (unpaired) electrons. The second-order valence-electron chi connectivity index (χ2n) is 6.02. The summed E-state index contributed by atoms with van der Waals surface area (Å²) in [5.41, 5.74) is 1.64. The highest BCUT2D eigenvalue weighted by Gasteiger charge is 2.15. The number of urea groups is 1. The van der Waals surface area contributed by atoms with Crippen molar-refractivity contribution in [3.8, 4) is 0 Å². The zero-order valence-electron chi connectivity index (χ0n) is 14.1.